The number of halogens is 3. The zero-order chi connectivity index (χ0) is 14.2. The third-order valence-electron chi connectivity index (χ3n) is 2.93. The third-order valence-corrected chi connectivity index (χ3v) is 2.93. The molecule has 1 heterocycles. The molecular weight excluding hydrogens is 255 g/mol. The van der Waals surface area contributed by atoms with Crippen molar-refractivity contribution in [2.75, 3.05) is 5.32 Å². The molecule has 19 heavy (non-hydrogen) atoms. The molecule has 102 valence electrons. The van der Waals surface area contributed by atoms with E-state index in [1.807, 2.05) is 6.07 Å². The van der Waals surface area contributed by atoms with E-state index in [0.29, 0.717) is 11.8 Å². The van der Waals surface area contributed by atoms with Gasteiger partial charge in [-0.2, -0.15) is 0 Å². The third kappa shape index (κ3) is 2.75. The summed E-state index contributed by atoms with van der Waals surface area (Å²) in [6.07, 6.45) is 0. The normalized spacial score (nSPS) is 12.5. The Morgan fingerprint density at radius 3 is 2.21 bits per heavy atom. The molecule has 1 aromatic carbocycles. The highest BCUT2D eigenvalue weighted by Crippen LogP contribution is 2.27. The van der Waals surface area contributed by atoms with E-state index in [9.17, 15) is 13.2 Å². The minimum absolute atomic E-state index is 0.0790. The first kappa shape index (κ1) is 13.5. The maximum Gasteiger partial charge on any atom is 0.161 e. The van der Waals surface area contributed by atoms with Crippen LogP contribution in [-0.2, 0) is 0 Å². The monoisotopic (exact) mass is 269 g/mol. The molecule has 0 saturated carbocycles. The molecule has 0 bridgehead atoms. The number of hydrogen-bond donors (Lipinski definition) is 1. The number of nitrogens with one attached hydrogen (secondary N) is 1. The van der Waals surface area contributed by atoms with Crippen molar-refractivity contribution in [2.45, 2.75) is 26.8 Å². The maximum atomic E-state index is 13.5. The van der Waals surface area contributed by atoms with Crippen LogP contribution in [0, 0.1) is 31.3 Å². The van der Waals surface area contributed by atoms with Crippen molar-refractivity contribution in [1.82, 2.24) is 0 Å². The fourth-order valence-corrected chi connectivity index (χ4v) is 2.02. The Balaban J connectivity index is 2.26. The van der Waals surface area contributed by atoms with Gasteiger partial charge in [-0.05, 0) is 26.8 Å². The van der Waals surface area contributed by atoms with Gasteiger partial charge in [-0.15, -0.1) is 0 Å². The van der Waals surface area contributed by atoms with Gasteiger partial charge < -0.3 is 9.73 Å². The van der Waals surface area contributed by atoms with Gasteiger partial charge in [0.2, 0.25) is 0 Å². The fraction of sp³-hybridized carbons (Fsp3) is 0.286. The van der Waals surface area contributed by atoms with Crippen LogP contribution in [0.15, 0.2) is 22.6 Å². The van der Waals surface area contributed by atoms with Gasteiger partial charge in [0.25, 0.3) is 0 Å². The lowest BCUT2D eigenvalue weighted by atomic mass is 10.1. The first-order valence-electron chi connectivity index (χ1n) is 5.86. The Morgan fingerprint density at radius 1 is 1.00 bits per heavy atom. The molecule has 1 atom stereocenters. The molecule has 0 fully saturated rings. The average Bonchev–Trinajstić information content (AvgIpc) is 2.65. The molecule has 1 N–H and O–H groups in total. The van der Waals surface area contributed by atoms with Gasteiger partial charge in [0.1, 0.15) is 17.3 Å². The first-order valence-corrected chi connectivity index (χ1v) is 5.86. The molecule has 1 unspecified atom stereocenters. The van der Waals surface area contributed by atoms with Gasteiger partial charge >= 0.3 is 0 Å². The highest BCUT2D eigenvalue weighted by Gasteiger charge is 2.16. The Morgan fingerprint density at radius 2 is 1.63 bits per heavy atom. The largest absolute Gasteiger partial charge is 0.466 e. The van der Waals surface area contributed by atoms with Crippen LogP contribution < -0.4 is 5.32 Å². The smallest absolute Gasteiger partial charge is 0.161 e. The second kappa shape index (κ2) is 4.99. The number of benzene rings is 1. The Labute approximate surface area is 109 Å². The minimum atomic E-state index is -1.20. The number of aryl methyl sites for hydroxylation is 2. The van der Waals surface area contributed by atoms with Gasteiger partial charge in [0.05, 0.1) is 11.7 Å². The summed E-state index contributed by atoms with van der Waals surface area (Å²) in [5.41, 5.74) is 0.770. The fourth-order valence-electron chi connectivity index (χ4n) is 2.02. The Hall–Kier alpha value is -1.91. The summed E-state index contributed by atoms with van der Waals surface area (Å²) in [7, 11) is 0. The van der Waals surface area contributed by atoms with Crippen LogP contribution in [0.5, 0.6) is 0 Å². The number of rotatable bonds is 3. The minimum Gasteiger partial charge on any atom is -0.466 e. The quantitative estimate of drug-likeness (QED) is 0.831. The highest BCUT2D eigenvalue weighted by atomic mass is 19.2. The molecule has 0 radical (unpaired) electrons. The van der Waals surface area contributed by atoms with Crippen molar-refractivity contribution < 1.29 is 17.6 Å². The summed E-state index contributed by atoms with van der Waals surface area (Å²) in [5, 5.41) is 2.81. The lowest BCUT2D eigenvalue weighted by Gasteiger charge is -2.15. The van der Waals surface area contributed by atoms with Gasteiger partial charge in [-0.1, -0.05) is 0 Å². The lowest BCUT2D eigenvalue weighted by Crippen LogP contribution is -2.09. The average molecular weight is 269 g/mol. The molecule has 2 aromatic rings. The molecule has 1 aromatic heterocycles. The van der Waals surface area contributed by atoms with Crippen LogP contribution in [0.1, 0.15) is 30.0 Å². The molecule has 0 aliphatic rings. The van der Waals surface area contributed by atoms with Gasteiger partial charge in [-0.3, -0.25) is 0 Å². The molecule has 0 aliphatic heterocycles. The van der Waals surface area contributed by atoms with E-state index in [1.165, 1.54) is 0 Å². The summed E-state index contributed by atoms with van der Waals surface area (Å²) >= 11 is 0. The number of hydrogen-bond acceptors (Lipinski definition) is 2. The van der Waals surface area contributed by atoms with Crippen LogP contribution in [-0.4, -0.2) is 0 Å². The zero-order valence-electron chi connectivity index (χ0n) is 10.9. The number of furan rings is 1. The molecule has 0 aliphatic carbocycles. The Bertz CT molecular complexity index is 607. The van der Waals surface area contributed by atoms with E-state index in [-0.39, 0.29) is 11.7 Å². The molecular formula is C14H14F3NO. The molecule has 2 nitrogen and oxygen atoms in total. The van der Waals surface area contributed by atoms with E-state index < -0.39 is 17.5 Å². The second-order valence-electron chi connectivity index (χ2n) is 4.48. The first-order chi connectivity index (χ1) is 8.88. The van der Waals surface area contributed by atoms with E-state index in [0.717, 1.165) is 17.4 Å². The second-order valence-corrected chi connectivity index (χ2v) is 4.48. The Kier molecular flexibility index (Phi) is 3.55. The maximum absolute atomic E-state index is 13.5. The van der Waals surface area contributed by atoms with Crippen molar-refractivity contribution >= 4 is 5.69 Å². The SMILES string of the molecule is Cc1cc(C(C)Nc2cc(F)c(F)cc2F)c(C)o1. The standard InChI is InChI=1S/C14H14F3NO/c1-7-4-10(9(3)19-7)8(2)18-14-6-12(16)11(15)5-13(14)17/h4-6,8,18H,1-3H3. The molecule has 5 heteroatoms. The van der Waals surface area contributed by atoms with Gasteiger partial charge in [0.15, 0.2) is 11.6 Å². The predicted octanol–water partition coefficient (Wildman–Crippen LogP) is 4.49. The lowest BCUT2D eigenvalue weighted by molar-refractivity contribution is 0.494. The van der Waals surface area contributed by atoms with Crippen LogP contribution in [0.4, 0.5) is 18.9 Å². The van der Waals surface area contributed by atoms with Crippen LogP contribution >= 0.6 is 0 Å². The summed E-state index contributed by atoms with van der Waals surface area (Å²) in [6, 6.07) is 2.88. The van der Waals surface area contributed by atoms with Crippen molar-refractivity contribution in [2.24, 2.45) is 0 Å². The summed E-state index contributed by atoms with van der Waals surface area (Å²) < 4.78 is 44.8. The molecule has 0 amide bonds. The van der Waals surface area contributed by atoms with E-state index >= 15 is 0 Å². The summed E-state index contributed by atoms with van der Waals surface area (Å²) in [6.45, 7) is 5.39. The zero-order valence-corrected chi connectivity index (χ0v) is 10.9. The van der Waals surface area contributed by atoms with Gasteiger partial charge in [-0.25, -0.2) is 13.2 Å². The summed E-state index contributed by atoms with van der Waals surface area (Å²) in [5.74, 6) is -1.67. The van der Waals surface area contributed by atoms with Crippen molar-refractivity contribution in [3.63, 3.8) is 0 Å². The van der Waals surface area contributed by atoms with Crippen LogP contribution in [0.3, 0.4) is 0 Å². The van der Waals surface area contributed by atoms with Crippen LogP contribution in [0.2, 0.25) is 0 Å². The molecule has 0 saturated heterocycles. The van der Waals surface area contributed by atoms with E-state index in [2.05, 4.69) is 5.32 Å². The van der Waals surface area contributed by atoms with Gasteiger partial charge in [0, 0.05) is 17.7 Å². The van der Waals surface area contributed by atoms with Crippen molar-refractivity contribution in [1.29, 1.82) is 0 Å². The number of anilines is 1. The highest BCUT2D eigenvalue weighted by molar-refractivity contribution is 5.47. The molecule has 0 spiro atoms. The van der Waals surface area contributed by atoms with Crippen LogP contribution in [0.25, 0.3) is 0 Å². The van der Waals surface area contributed by atoms with E-state index in [4.69, 9.17) is 4.42 Å². The summed E-state index contributed by atoms with van der Waals surface area (Å²) in [4.78, 5) is 0. The van der Waals surface area contributed by atoms with E-state index in [1.54, 1.807) is 20.8 Å². The van der Waals surface area contributed by atoms with Crippen molar-refractivity contribution in [3.8, 4) is 0 Å². The predicted molar refractivity (Wildman–Crippen MR) is 66.5 cm³/mol. The topological polar surface area (TPSA) is 25.2 Å². The molecule has 2 rings (SSSR count). The van der Waals surface area contributed by atoms with Crippen molar-refractivity contribution in [3.05, 3.63) is 52.7 Å².